The summed E-state index contributed by atoms with van der Waals surface area (Å²) in [5, 5.41) is 0. The third-order valence-corrected chi connectivity index (χ3v) is 5.41. The van der Waals surface area contributed by atoms with Crippen LogP contribution in [0.25, 0.3) is 0 Å². The van der Waals surface area contributed by atoms with E-state index in [2.05, 4.69) is 27.7 Å². The van der Waals surface area contributed by atoms with Gasteiger partial charge >= 0.3 is 8.80 Å². The Kier molecular flexibility index (Phi) is 10.1. The second-order valence-electron chi connectivity index (χ2n) is 4.26. The van der Waals surface area contributed by atoms with Crippen LogP contribution in [0.1, 0.15) is 47.0 Å². The highest BCUT2D eigenvalue weighted by Crippen LogP contribution is 2.19. The molecule has 0 amide bonds. The van der Waals surface area contributed by atoms with Crippen molar-refractivity contribution in [2.24, 2.45) is 5.73 Å². The normalized spacial score (nSPS) is 13.9. The summed E-state index contributed by atoms with van der Waals surface area (Å²) in [5.74, 6) is 0. The zero-order valence-electron chi connectivity index (χ0n) is 11.8. The van der Waals surface area contributed by atoms with E-state index in [0.717, 1.165) is 19.3 Å². The number of hydrogen-bond acceptors (Lipinski definition) is 4. The lowest BCUT2D eigenvalue weighted by Crippen LogP contribution is -2.49. The van der Waals surface area contributed by atoms with Crippen molar-refractivity contribution in [1.29, 1.82) is 0 Å². The predicted molar refractivity (Wildman–Crippen MR) is 72.9 cm³/mol. The first-order valence-electron chi connectivity index (χ1n) is 6.79. The first-order valence-corrected chi connectivity index (χ1v) is 8.73. The molecule has 0 aliphatic rings. The lowest BCUT2D eigenvalue weighted by Gasteiger charge is -2.31. The molecule has 1 atom stereocenters. The minimum atomic E-state index is -2.55. The summed E-state index contributed by atoms with van der Waals surface area (Å²) in [7, 11) is -2.55. The van der Waals surface area contributed by atoms with Gasteiger partial charge in [-0.2, -0.15) is 0 Å². The van der Waals surface area contributed by atoms with Gasteiger partial charge in [-0.15, -0.1) is 0 Å². The molecule has 5 heteroatoms. The molecular weight excluding hydrogens is 234 g/mol. The van der Waals surface area contributed by atoms with Crippen molar-refractivity contribution in [2.45, 2.75) is 59.1 Å². The fourth-order valence-corrected chi connectivity index (χ4v) is 4.18. The second-order valence-corrected chi connectivity index (χ2v) is 6.93. The minimum Gasteiger partial charge on any atom is -0.373 e. The Hall–Kier alpha value is 0.0569. The molecule has 0 saturated heterocycles. The van der Waals surface area contributed by atoms with Crippen LogP contribution in [-0.4, -0.2) is 34.7 Å². The molecule has 0 fully saturated rings. The number of hydrogen-bond donors (Lipinski definition) is 1. The second kappa shape index (κ2) is 10.0. The van der Waals surface area contributed by atoms with Crippen LogP contribution in [0.15, 0.2) is 0 Å². The standard InChI is InChI=1S/C12H29NO3Si/c1-5-9-14-17(11-8-13,15-10-6-2)16-12(4)7-3/h12H,5-11,13H2,1-4H3. The molecule has 0 aliphatic heterocycles. The van der Waals surface area contributed by atoms with E-state index in [0.29, 0.717) is 25.8 Å². The summed E-state index contributed by atoms with van der Waals surface area (Å²) in [4.78, 5) is 0. The van der Waals surface area contributed by atoms with Crippen LogP contribution in [0.5, 0.6) is 0 Å². The molecule has 0 aromatic rings. The summed E-state index contributed by atoms with van der Waals surface area (Å²) < 4.78 is 17.9. The van der Waals surface area contributed by atoms with Crippen LogP contribution in [0.3, 0.4) is 0 Å². The van der Waals surface area contributed by atoms with Gasteiger partial charge in [0.15, 0.2) is 0 Å². The van der Waals surface area contributed by atoms with E-state index < -0.39 is 8.80 Å². The molecule has 0 aromatic heterocycles. The molecule has 0 aliphatic carbocycles. The Labute approximate surface area is 107 Å². The molecule has 0 saturated carbocycles. The molecule has 0 rings (SSSR count). The molecule has 0 heterocycles. The van der Waals surface area contributed by atoms with Crippen LogP contribution in [-0.2, 0) is 13.3 Å². The first-order chi connectivity index (χ1) is 8.14. The molecule has 0 spiro atoms. The summed E-state index contributed by atoms with van der Waals surface area (Å²) in [6.07, 6.45) is 3.07. The van der Waals surface area contributed by atoms with Crippen molar-refractivity contribution in [3.63, 3.8) is 0 Å². The van der Waals surface area contributed by atoms with E-state index >= 15 is 0 Å². The van der Waals surface area contributed by atoms with Crippen LogP contribution >= 0.6 is 0 Å². The topological polar surface area (TPSA) is 53.7 Å². The van der Waals surface area contributed by atoms with E-state index in [1.54, 1.807) is 0 Å². The molecule has 104 valence electrons. The van der Waals surface area contributed by atoms with Gasteiger partial charge in [0.25, 0.3) is 0 Å². The molecule has 0 radical (unpaired) electrons. The number of nitrogens with two attached hydrogens (primary N) is 1. The Morgan fingerprint density at radius 2 is 1.59 bits per heavy atom. The average molecular weight is 263 g/mol. The maximum atomic E-state index is 6.05. The van der Waals surface area contributed by atoms with E-state index in [1.165, 1.54) is 0 Å². The average Bonchev–Trinajstić information content (AvgIpc) is 2.34. The molecular formula is C12H29NO3Si. The number of rotatable bonds is 11. The van der Waals surface area contributed by atoms with Gasteiger partial charge in [0, 0.05) is 25.4 Å². The van der Waals surface area contributed by atoms with E-state index in [9.17, 15) is 0 Å². The third kappa shape index (κ3) is 7.16. The molecule has 4 nitrogen and oxygen atoms in total. The molecule has 1 unspecified atom stereocenters. The monoisotopic (exact) mass is 263 g/mol. The maximum Gasteiger partial charge on any atom is 0.502 e. The molecule has 2 N–H and O–H groups in total. The minimum absolute atomic E-state index is 0.168. The van der Waals surface area contributed by atoms with Gasteiger partial charge in [0.1, 0.15) is 0 Å². The van der Waals surface area contributed by atoms with Crippen LogP contribution in [0.4, 0.5) is 0 Å². The van der Waals surface area contributed by atoms with Gasteiger partial charge in [-0.1, -0.05) is 20.8 Å². The van der Waals surface area contributed by atoms with Crippen molar-refractivity contribution in [3.8, 4) is 0 Å². The highest BCUT2D eigenvalue weighted by atomic mass is 28.4. The van der Waals surface area contributed by atoms with E-state index in [-0.39, 0.29) is 6.10 Å². The van der Waals surface area contributed by atoms with Gasteiger partial charge in [-0.25, -0.2) is 0 Å². The van der Waals surface area contributed by atoms with E-state index in [4.69, 9.17) is 19.0 Å². The predicted octanol–water partition coefficient (Wildman–Crippen LogP) is 2.55. The van der Waals surface area contributed by atoms with Crippen LogP contribution in [0.2, 0.25) is 6.04 Å². The highest BCUT2D eigenvalue weighted by molar-refractivity contribution is 6.60. The smallest absolute Gasteiger partial charge is 0.373 e. The fourth-order valence-electron chi connectivity index (χ4n) is 1.39. The Balaban J connectivity index is 4.54. The van der Waals surface area contributed by atoms with Crippen LogP contribution < -0.4 is 5.73 Å². The maximum absolute atomic E-state index is 6.05. The summed E-state index contributed by atoms with van der Waals surface area (Å²) >= 11 is 0. The molecule has 0 aromatic carbocycles. The first kappa shape index (κ1) is 17.1. The highest BCUT2D eigenvalue weighted by Gasteiger charge is 2.41. The lowest BCUT2D eigenvalue weighted by molar-refractivity contribution is 0.0316. The van der Waals surface area contributed by atoms with Crippen LogP contribution in [0, 0.1) is 0 Å². The Bertz CT molecular complexity index is 173. The van der Waals surface area contributed by atoms with Gasteiger partial charge in [0.2, 0.25) is 0 Å². The largest absolute Gasteiger partial charge is 0.502 e. The zero-order chi connectivity index (χ0) is 13.1. The zero-order valence-corrected chi connectivity index (χ0v) is 12.8. The van der Waals surface area contributed by atoms with Gasteiger partial charge in [-0.3, -0.25) is 0 Å². The Morgan fingerprint density at radius 3 is 1.94 bits per heavy atom. The lowest BCUT2D eigenvalue weighted by atomic mass is 10.3. The van der Waals surface area contributed by atoms with Gasteiger partial charge < -0.3 is 19.0 Å². The van der Waals surface area contributed by atoms with Crippen molar-refractivity contribution < 1.29 is 13.3 Å². The van der Waals surface area contributed by atoms with Crippen molar-refractivity contribution in [3.05, 3.63) is 0 Å². The van der Waals surface area contributed by atoms with E-state index in [1.807, 2.05) is 0 Å². The summed E-state index contributed by atoms with van der Waals surface area (Å²) in [6, 6.07) is 0.706. The molecule has 17 heavy (non-hydrogen) atoms. The third-order valence-electron chi connectivity index (χ3n) is 2.46. The van der Waals surface area contributed by atoms with Crippen molar-refractivity contribution in [2.75, 3.05) is 19.8 Å². The van der Waals surface area contributed by atoms with Gasteiger partial charge in [-0.05, 0) is 32.7 Å². The molecule has 0 bridgehead atoms. The van der Waals surface area contributed by atoms with Gasteiger partial charge in [0.05, 0.1) is 0 Å². The fraction of sp³-hybridized carbons (Fsp3) is 1.00. The summed E-state index contributed by atoms with van der Waals surface area (Å²) in [6.45, 7) is 10.3. The summed E-state index contributed by atoms with van der Waals surface area (Å²) in [5.41, 5.74) is 5.67. The van der Waals surface area contributed by atoms with Crippen molar-refractivity contribution in [1.82, 2.24) is 0 Å². The quantitative estimate of drug-likeness (QED) is 0.582. The SMILES string of the molecule is CCCO[Si](CCN)(OCCC)OC(C)CC. The van der Waals surface area contributed by atoms with Crippen molar-refractivity contribution >= 4 is 8.80 Å². The Morgan fingerprint density at radius 1 is 1.06 bits per heavy atom.